The highest BCUT2D eigenvalue weighted by molar-refractivity contribution is 6.12. The monoisotopic (exact) mass is 791 g/mol. The summed E-state index contributed by atoms with van der Waals surface area (Å²) in [5.41, 5.74) is 8.10. The van der Waals surface area contributed by atoms with E-state index in [0.717, 1.165) is 34.4 Å². The highest BCUT2D eigenvalue weighted by atomic mass is 19.4. The van der Waals surface area contributed by atoms with Gasteiger partial charge in [-0.2, -0.15) is 13.2 Å². The average Bonchev–Trinajstić information content (AvgIpc) is 3.68. The van der Waals surface area contributed by atoms with E-state index in [1.165, 1.54) is 12.2 Å². The fourth-order valence-corrected chi connectivity index (χ4v) is 5.91. The van der Waals surface area contributed by atoms with Crippen molar-refractivity contribution in [2.45, 2.75) is 65.3 Å². The van der Waals surface area contributed by atoms with Crippen molar-refractivity contribution in [2.75, 3.05) is 32.8 Å². The van der Waals surface area contributed by atoms with E-state index in [2.05, 4.69) is 5.32 Å². The number of hydrogen-bond acceptors (Lipinski definition) is 7. The lowest BCUT2D eigenvalue weighted by atomic mass is 9.82. The Hall–Kier alpha value is -5.42. The summed E-state index contributed by atoms with van der Waals surface area (Å²) in [6.45, 7) is 8.96. The number of carboxylic acids is 1. The number of carboxylic acid groups (broad SMARTS) is 1. The molecule has 0 fully saturated rings. The smallest absolute Gasteiger partial charge is 0.475 e. The molecule has 2 heterocycles. The van der Waals surface area contributed by atoms with Gasteiger partial charge in [-0.05, 0) is 41.7 Å². The Bertz CT molecular complexity index is 1860. The maximum absolute atomic E-state index is 15.0. The van der Waals surface area contributed by atoms with Gasteiger partial charge in [0.15, 0.2) is 0 Å². The number of alkyl halides is 3. The maximum Gasteiger partial charge on any atom is 0.490 e. The van der Waals surface area contributed by atoms with E-state index in [-0.39, 0.29) is 69.0 Å². The van der Waals surface area contributed by atoms with Gasteiger partial charge < -0.3 is 30.4 Å². The molecule has 12 nitrogen and oxygen atoms in total. The fourth-order valence-electron chi connectivity index (χ4n) is 5.91. The first-order valence-corrected chi connectivity index (χ1v) is 17.7. The van der Waals surface area contributed by atoms with Gasteiger partial charge in [0, 0.05) is 61.2 Å². The number of hydrogen-bond donors (Lipinski definition) is 3. The van der Waals surface area contributed by atoms with Gasteiger partial charge in [-0.3, -0.25) is 24.1 Å². The Morgan fingerprint density at radius 2 is 1.59 bits per heavy atom. The molecule has 56 heavy (non-hydrogen) atoms. The number of aromatic nitrogens is 1. The molecule has 4 rings (SSSR count). The first kappa shape index (κ1) is 45.0. The summed E-state index contributed by atoms with van der Waals surface area (Å²) in [7, 11) is 0. The Morgan fingerprint density at radius 3 is 2.16 bits per heavy atom. The highest BCUT2D eigenvalue weighted by Gasteiger charge is 2.39. The minimum Gasteiger partial charge on any atom is -0.475 e. The molecular formula is C39H46F5N5O7. The molecule has 0 saturated heterocycles. The minimum absolute atomic E-state index is 0.113. The molecule has 0 radical (unpaired) electrons. The predicted octanol–water partition coefficient (Wildman–Crippen LogP) is 5.22. The van der Waals surface area contributed by atoms with E-state index in [4.69, 9.17) is 20.4 Å². The first-order chi connectivity index (χ1) is 26.2. The van der Waals surface area contributed by atoms with Crippen LogP contribution in [0.15, 0.2) is 72.9 Å². The summed E-state index contributed by atoms with van der Waals surface area (Å²) < 4.78 is 68.4. The Balaban J connectivity index is 0.00000109. The Labute approximate surface area is 321 Å². The van der Waals surface area contributed by atoms with Crippen LogP contribution < -0.4 is 11.1 Å². The van der Waals surface area contributed by atoms with Gasteiger partial charge in [-0.25, -0.2) is 13.6 Å². The third kappa shape index (κ3) is 12.8. The third-order valence-electron chi connectivity index (χ3n) is 8.57. The predicted molar refractivity (Wildman–Crippen MR) is 195 cm³/mol. The number of imide groups is 1. The van der Waals surface area contributed by atoms with E-state index in [9.17, 15) is 41.1 Å². The normalized spacial score (nSPS) is 13.9. The number of benzene rings is 2. The second-order valence-electron chi connectivity index (χ2n) is 13.9. The molecule has 1 aromatic heterocycles. The van der Waals surface area contributed by atoms with Gasteiger partial charge in [-0.1, -0.05) is 58.0 Å². The molecule has 3 aromatic rings. The van der Waals surface area contributed by atoms with E-state index in [1.54, 1.807) is 18.0 Å². The summed E-state index contributed by atoms with van der Waals surface area (Å²) in [6, 6.07) is 13.4. The van der Waals surface area contributed by atoms with Gasteiger partial charge >= 0.3 is 12.1 Å². The van der Waals surface area contributed by atoms with Gasteiger partial charge in [0.1, 0.15) is 11.6 Å². The lowest BCUT2D eigenvalue weighted by molar-refractivity contribution is -0.192. The van der Waals surface area contributed by atoms with Crippen LogP contribution >= 0.6 is 0 Å². The molecule has 17 heteroatoms. The van der Waals surface area contributed by atoms with Crippen LogP contribution in [0.4, 0.5) is 22.0 Å². The number of carbonyl (C=O) groups is 5. The van der Waals surface area contributed by atoms with E-state index in [0.29, 0.717) is 12.1 Å². The largest absolute Gasteiger partial charge is 0.490 e. The van der Waals surface area contributed by atoms with Crippen molar-refractivity contribution in [3.05, 3.63) is 95.8 Å². The van der Waals surface area contributed by atoms with Crippen molar-refractivity contribution < 1.29 is 55.8 Å². The quantitative estimate of drug-likeness (QED) is 0.101. The number of nitrogens with zero attached hydrogens (tertiary/aromatic N) is 3. The van der Waals surface area contributed by atoms with Gasteiger partial charge in [0.05, 0.1) is 31.8 Å². The molecule has 0 aliphatic carbocycles. The topological polar surface area (TPSA) is 164 Å². The van der Waals surface area contributed by atoms with Crippen LogP contribution in [0, 0.1) is 17.0 Å². The number of halogens is 5. The number of ether oxygens (including phenoxy) is 1. The third-order valence-corrected chi connectivity index (χ3v) is 8.57. The van der Waals surface area contributed by atoms with Gasteiger partial charge in [-0.15, -0.1) is 0 Å². The van der Waals surface area contributed by atoms with Crippen molar-refractivity contribution in [1.82, 2.24) is 19.7 Å². The second kappa shape index (κ2) is 20.0. The summed E-state index contributed by atoms with van der Waals surface area (Å²) >= 11 is 0. The average molecular weight is 792 g/mol. The van der Waals surface area contributed by atoms with Crippen LogP contribution in [0.2, 0.25) is 0 Å². The molecule has 0 saturated carbocycles. The molecule has 1 aliphatic rings. The second-order valence-corrected chi connectivity index (χ2v) is 13.9. The minimum atomic E-state index is -5.08. The lowest BCUT2D eigenvalue weighted by Gasteiger charge is -2.41. The van der Waals surface area contributed by atoms with Crippen LogP contribution in [0.1, 0.15) is 57.8 Å². The molecule has 2 aromatic carbocycles. The van der Waals surface area contributed by atoms with Crippen molar-refractivity contribution >= 4 is 29.6 Å². The Morgan fingerprint density at radius 1 is 0.964 bits per heavy atom. The number of nitrogens with two attached hydrogens (primary N) is 1. The zero-order valence-electron chi connectivity index (χ0n) is 31.4. The summed E-state index contributed by atoms with van der Waals surface area (Å²) in [6.07, 6.45) is -0.511. The standard InChI is InChI=1S/C37H45F2N5O5.C2HF3O2/c1-5-32(45)44(17-15-30(40)36(48)41-16-19-49-20-18-43-33(46)13-14-34(43)47)35(37(2,3)4)31-21-26(28-22-27(38)11-12-29(28)39)24-42(31)23-25-9-7-6-8-10-25;3-2(4,5)1(6)7/h6-14,21-22,24,30,35H,5,15-20,23,40H2,1-4H3,(H,41,48);(H,6,7). The summed E-state index contributed by atoms with van der Waals surface area (Å²) in [5, 5.41) is 9.86. The SMILES string of the molecule is CCC(=O)N(CCC(N)C(=O)NCCOCCN1C(=O)C=CC1=O)C(c1cc(-c2cc(F)ccc2F)cn1Cc1ccccc1)C(C)(C)C.O=C(O)C(F)(F)F. The molecule has 2 atom stereocenters. The fraction of sp³-hybridized carbons (Fsp3) is 0.410. The lowest BCUT2D eigenvalue weighted by Crippen LogP contribution is -2.47. The maximum atomic E-state index is 15.0. The molecular weight excluding hydrogens is 745 g/mol. The van der Waals surface area contributed by atoms with Crippen LogP contribution in [0.5, 0.6) is 0 Å². The Kier molecular flexibility index (Phi) is 16.0. The molecule has 304 valence electrons. The van der Waals surface area contributed by atoms with E-state index >= 15 is 0 Å². The zero-order chi connectivity index (χ0) is 41.8. The molecule has 4 amide bonds. The first-order valence-electron chi connectivity index (χ1n) is 17.7. The van der Waals surface area contributed by atoms with Gasteiger partial charge in [0.2, 0.25) is 11.8 Å². The molecule has 0 spiro atoms. The van der Waals surface area contributed by atoms with E-state index in [1.807, 2.05) is 61.7 Å². The zero-order valence-corrected chi connectivity index (χ0v) is 31.4. The molecule has 2 unspecified atom stereocenters. The highest BCUT2D eigenvalue weighted by Crippen LogP contribution is 2.41. The number of nitrogens with one attached hydrogen (secondary N) is 1. The van der Waals surface area contributed by atoms with Crippen LogP contribution in [0.25, 0.3) is 11.1 Å². The summed E-state index contributed by atoms with van der Waals surface area (Å²) in [5.74, 6) is -5.20. The van der Waals surface area contributed by atoms with E-state index < -0.39 is 47.2 Å². The van der Waals surface area contributed by atoms with Crippen molar-refractivity contribution in [3.8, 4) is 11.1 Å². The van der Waals surface area contributed by atoms with Crippen LogP contribution in [-0.2, 0) is 35.3 Å². The molecule has 4 N–H and O–H groups in total. The van der Waals surface area contributed by atoms with Crippen molar-refractivity contribution in [3.63, 3.8) is 0 Å². The van der Waals surface area contributed by atoms with Crippen molar-refractivity contribution in [1.29, 1.82) is 0 Å². The van der Waals surface area contributed by atoms with Crippen molar-refractivity contribution in [2.24, 2.45) is 11.1 Å². The number of carbonyl (C=O) groups excluding carboxylic acids is 4. The number of aliphatic carboxylic acids is 1. The number of rotatable bonds is 16. The van der Waals surface area contributed by atoms with Crippen LogP contribution in [0.3, 0.4) is 0 Å². The molecule has 1 aliphatic heterocycles. The summed E-state index contributed by atoms with van der Waals surface area (Å²) in [4.78, 5) is 61.4. The molecule has 0 bridgehead atoms. The van der Waals surface area contributed by atoms with Crippen LogP contribution in [-0.4, -0.2) is 94.1 Å². The number of amides is 4. The van der Waals surface area contributed by atoms with Gasteiger partial charge in [0.25, 0.3) is 11.8 Å².